The molecule has 0 fully saturated rings. The molecule has 0 amide bonds. The van der Waals surface area contributed by atoms with Crippen LogP contribution in [0.1, 0.15) is 136 Å². The second-order valence-electron chi connectivity index (χ2n) is 13.4. The molecule has 0 radical (unpaired) electrons. The summed E-state index contributed by atoms with van der Waals surface area (Å²) in [6.07, 6.45) is 51.8. The lowest BCUT2D eigenvalue weighted by molar-refractivity contribution is -0.154. The molecule has 56 heavy (non-hydrogen) atoms. The molecule has 0 saturated heterocycles. The predicted octanol–water partition coefficient (Wildman–Crippen LogP) is 11.4. The fraction of sp³-hybridized carbons (Fsp3) is 0.600. The SMILES string of the molecule is CC/C=C\C/C=C\C/C=C\C/C=C\C/C=C\C/C=C\CCCOCC(COP(=O)(O)OCC(N)C(=O)O)OC(=O)CCCCCCC/C=C\C/C=C\CCCC. The number of allylic oxidation sites excluding steroid dienone is 16. The molecular weight excluding hydrogens is 729 g/mol. The number of rotatable bonds is 38. The third-order valence-corrected chi connectivity index (χ3v) is 9.05. The van der Waals surface area contributed by atoms with Crippen molar-refractivity contribution in [2.24, 2.45) is 5.73 Å². The van der Waals surface area contributed by atoms with Gasteiger partial charge in [-0.1, -0.05) is 143 Å². The molecule has 3 unspecified atom stereocenters. The third-order valence-electron chi connectivity index (χ3n) is 8.10. The van der Waals surface area contributed by atoms with E-state index in [2.05, 4.69) is 111 Å². The van der Waals surface area contributed by atoms with Crippen LogP contribution in [0.4, 0.5) is 0 Å². The molecule has 0 aromatic carbocycles. The molecule has 318 valence electrons. The van der Waals surface area contributed by atoms with E-state index in [1.54, 1.807) is 0 Å². The predicted molar refractivity (Wildman–Crippen MR) is 230 cm³/mol. The Balaban J connectivity index is 4.42. The number of ether oxygens (including phenoxy) is 2. The van der Waals surface area contributed by atoms with Gasteiger partial charge in [0.2, 0.25) is 0 Å². The molecular formula is C45H74NO9P. The average Bonchev–Trinajstić information content (AvgIpc) is 3.18. The molecule has 3 atom stereocenters. The molecule has 0 aliphatic heterocycles. The summed E-state index contributed by atoms with van der Waals surface area (Å²) in [5.74, 6) is -1.83. The minimum atomic E-state index is -4.64. The summed E-state index contributed by atoms with van der Waals surface area (Å²) in [7, 11) is -4.64. The number of aliphatic carboxylic acids is 1. The first-order valence-corrected chi connectivity index (χ1v) is 22.3. The van der Waals surface area contributed by atoms with Crippen LogP contribution in [-0.4, -0.2) is 60.5 Å². The summed E-state index contributed by atoms with van der Waals surface area (Å²) in [4.78, 5) is 33.5. The van der Waals surface area contributed by atoms with E-state index in [4.69, 9.17) is 29.4 Å². The molecule has 10 nitrogen and oxygen atoms in total. The van der Waals surface area contributed by atoms with Crippen LogP contribution in [0.15, 0.2) is 97.2 Å². The van der Waals surface area contributed by atoms with E-state index >= 15 is 0 Å². The maximum atomic E-state index is 12.6. The van der Waals surface area contributed by atoms with E-state index in [1.807, 2.05) is 0 Å². The highest BCUT2D eigenvalue weighted by molar-refractivity contribution is 7.47. The first-order valence-electron chi connectivity index (χ1n) is 20.8. The smallest absolute Gasteiger partial charge is 0.472 e. The van der Waals surface area contributed by atoms with Gasteiger partial charge in [-0.05, 0) is 83.5 Å². The highest BCUT2D eigenvalue weighted by Crippen LogP contribution is 2.43. The van der Waals surface area contributed by atoms with Gasteiger partial charge in [-0.25, -0.2) is 4.57 Å². The van der Waals surface area contributed by atoms with Crippen molar-refractivity contribution >= 4 is 19.8 Å². The minimum absolute atomic E-state index is 0.0355. The Morgan fingerprint density at radius 3 is 1.55 bits per heavy atom. The summed E-state index contributed by atoms with van der Waals surface area (Å²) in [6.45, 7) is 3.52. The lowest BCUT2D eigenvalue weighted by atomic mass is 10.1. The Labute approximate surface area is 339 Å². The van der Waals surface area contributed by atoms with Gasteiger partial charge in [-0.15, -0.1) is 0 Å². The first-order chi connectivity index (χ1) is 27.2. The molecule has 0 aliphatic carbocycles. The van der Waals surface area contributed by atoms with Gasteiger partial charge in [0.05, 0.1) is 19.8 Å². The number of unbranched alkanes of at least 4 members (excludes halogenated alkanes) is 8. The van der Waals surface area contributed by atoms with Gasteiger partial charge in [0.25, 0.3) is 0 Å². The summed E-state index contributed by atoms with van der Waals surface area (Å²) in [5.41, 5.74) is 5.34. The Hall–Kier alpha value is -3.11. The summed E-state index contributed by atoms with van der Waals surface area (Å²) in [6, 6.07) is -1.49. The molecule has 0 aromatic rings. The van der Waals surface area contributed by atoms with E-state index < -0.39 is 45.1 Å². The standard InChI is InChI=1S/C45H74NO9P/c1-3-5-7-9-11-13-15-17-19-20-21-22-23-24-26-28-30-32-34-36-38-52-39-42(40-53-56(50,51)54-41-43(46)45(48)49)55-44(47)37-35-33-31-29-27-25-18-16-14-12-10-8-6-4-2/h5,7,10-13,16-19,21-22,24,26,30,32,42-43H,3-4,6,8-9,14-15,20,23,25,27-29,31,33-41,46H2,1-2H3,(H,48,49)(H,50,51)/b7-5-,12-10-,13-11-,18-16-,19-17-,22-21-,26-24-,32-30-. The van der Waals surface area contributed by atoms with Crippen molar-refractivity contribution in [1.29, 1.82) is 0 Å². The maximum Gasteiger partial charge on any atom is 0.472 e. The van der Waals surface area contributed by atoms with Gasteiger partial charge in [0.1, 0.15) is 12.1 Å². The second-order valence-corrected chi connectivity index (χ2v) is 14.8. The molecule has 0 rings (SSSR count). The number of phosphoric acid groups is 1. The van der Waals surface area contributed by atoms with Gasteiger partial charge < -0.3 is 25.2 Å². The summed E-state index contributed by atoms with van der Waals surface area (Å²) in [5, 5.41) is 8.88. The Kier molecular flexibility index (Phi) is 37.9. The maximum absolute atomic E-state index is 12.6. The molecule has 4 N–H and O–H groups in total. The van der Waals surface area contributed by atoms with E-state index in [-0.39, 0.29) is 13.0 Å². The minimum Gasteiger partial charge on any atom is -0.480 e. The van der Waals surface area contributed by atoms with Gasteiger partial charge in [0.15, 0.2) is 0 Å². The molecule has 0 aliphatic rings. The number of phosphoric ester groups is 1. The van der Waals surface area contributed by atoms with Crippen LogP contribution in [0.2, 0.25) is 0 Å². The summed E-state index contributed by atoms with van der Waals surface area (Å²) >= 11 is 0. The zero-order chi connectivity index (χ0) is 41.2. The molecule has 0 saturated carbocycles. The lowest BCUT2D eigenvalue weighted by Gasteiger charge is -2.20. The van der Waals surface area contributed by atoms with Crippen molar-refractivity contribution in [2.75, 3.05) is 26.4 Å². The number of carboxylic acids is 1. The van der Waals surface area contributed by atoms with Crippen LogP contribution in [-0.2, 0) is 32.7 Å². The fourth-order valence-electron chi connectivity index (χ4n) is 4.87. The quantitative estimate of drug-likeness (QED) is 0.0238. The van der Waals surface area contributed by atoms with Crippen molar-refractivity contribution in [3.63, 3.8) is 0 Å². The van der Waals surface area contributed by atoms with Crippen LogP contribution in [0.5, 0.6) is 0 Å². The van der Waals surface area contributed by atoms with Gasteiger partial charge in [-0.2, -0.15) is 0 Å². The number of hydrogen-bond donors (Lipinski definition) is 3. The first kappa shape index (κ1) is 52.9. The van der Waals surface area contributed by atoms with Crippen LogP contribution >= 0.6 is 7.82 Å². The molecule has 0 spiro atoms. The monoisotopic (exact) mass is 804 g/mol. The van der Waals surface area contributed by atoms with Gasteiger partial charge >= 0.3 is 19.8 Å². The van der Waals surface area contributed by atoms with E-state index in [0.717, 1.165) is 96.3 Å². The zero-order valence-corrected chi connectivity index (χ0v) is 35.3. The number of esters is 1. The second kappa shape index (κ2) is 40.1. The topological polar surface area (TPSA) is 155 Å². The fourth-order valence-corrected chi connectivity index (χ4v) is 5.65. The van der Waals surface area contributed by atoms with Crippen molar-refractivity contribution in [1.82, 2.24) is 0 Å². The van der Waals surface area contributed by atoms with Crippen LogP contribution < -0.4 is 5.73 Å². The van der Waals surface area contributed by atoms with Crippen LogP contribution in [0, 0.1) is 0 Å². The van der Waals surface area contributed by atoms with Crippen molar-refractivity contribution in [3.8, 4) is 0 Å². The molecule has 0 heterocycles. The van der Waals surface area contributed by atoms with Crippen LogP contribution in [0.3, 0.4) is 0 Å². The highest BCUT2D eigenvalue weighted by atomic mass is 31.2. The van der Waals surface area contributed by atoms with Crippen molar-refractivity contribution < 1.29 is 42.7 Å². The number of carbonyl (C=O) groups is 2. The van der Waals surface area contributed by atoms with Gasteiger partial charge in [0, 0.05) is 13.0 Å². The number of nitrogens with two attached hydrogens (primary N) is 1. The van der Waals surface area contributed by atoms with E-state index in [9.17, 15) is 19.0 Å². The zero-order valence-electron chi connectivity index (χ0n) is 34.4. The third kappa shape index (κ3) is 39.1. The van der Waals surface area contributed by atoms with Crippen LogP contribution in [0.25, 0.3) is 0 Å². The van der Waals surface area contributed by atoms with E-state index in [0.29, 0.717) is 13.0 Å². The van der Waals surface area contributed by atoms with E-state index in [1.165, 1.54) is 12.8 Å². The molecule has 11 heteroatoms. The van der Waals surface area contributed by atoms with Crippen molar-refractivity contribution in [2.45, 2.75) is 148 Å². The lowest BCUT2D eigenvalue weighted by Crippen LogP contribution is -2.34. The van der Waals surface area contributed by atoms with Crippen molar-refractivity contribution in [3.05, 3.63) is 97.2 Å². The van der Waals surface area contributed by atoms with Gasteiger partial charge in [-0.3, -0.25) is 18.6 Å². The number of hydrogen-bond acceptors (Lipinski definition) is 8. The number of carbonyl (C=O) groups excluding carboxylic acids is 1. The molecule has 0 bridgehead atoms. The average molecular weight is 804 g/mol. The Morgan fingerprint density at radius 1 is 0.589 bits per heavy atom. The normalized spacial score (nSPS) is 14.9. The highest BCUT2D eigenvalue weighted by Gasteiger charge is 2.27. The summed E-state index contributed by atoms with van der Waals surface area (Å²) < 4.78 is 33.2. The largest absolute Gasteiger partial charge is 0.480 e. The molecule has 0 aromatic heterocycles. The number of carboxylic acid groups (broad SMARTS) is 1. The Bertz CT molecular complexity index is 1250. The Morgan fingerprint density at radius 2 is 1.04 bits per heavy atom.